The normalized spacial score (nSPS) is 15.9. The van der Waals surface area contributed by atoms with E-state index < -0.39 is 0 Å². The average Bonchev–Trinajstić information content (AvgIpc) is 2.90. The van der Waals surface area contributed by atoms with Crippen LogP contribution in [0.3, 0.4) is 0 Å². The first kappa shape index (κ1) is 13.1. The third kappa shape index (κ3) is 2.56. The highest BCUT2D eigenvalue weighted by Gasteiger charge is 2.25. The largest absolute Gasteiger partial charge is 0.481 e. The van der Waals surface area contributed by atoms with Crippen molar-refractivity contribution in [1.29, 1.82) is 0 Å². The Kier molecular flexibility index (Phi) is 4.36. The van der Waals surface area contributed by atoms with Gasteiger partial charge in [0.15, 0.2) is 0 Å². The van der Waals surface area contributed by atoms with Gasteiger partial charge in [0.25, 0.3) is 0 Å². The maximum absolute atomic E-state index is 5.74. The van der Waals surface area contributed by atoms with Crippen molar-refractivity contribution in [3.05, 3.63) is 11.9 Å². The van der Waals surface area contributed by atoms with Crippen LogP contribution in [-0.4, -0.2) is 36.2 Å². The molecule has 0 unspecified atom stereocenters. The Labute approximate surface area is 108 Å². The Morgan fingerprint density at radius 2 is 2.11 bits per heavy atom. The van der Waals surface area contributed by atoms with Crippen LogP contribution < -0.4 is 15.4 Å². The van der Waals surface area contributed by atoms with Crippen molar-refractivity contribution in [3.63, 3.8) is 0 Å². The predicted molar refractivity (Wildman–Crippen MR) is 72.0 cm³/mol. The molecule has 0 saturated heterocycles. The summed E-state index contributed by atoms with van der Waals surface area (Å²) >= 11 is 0. The number of nitrogens with zero attached hydrogens (tertiary/aromatic N) is 3. The Morgan fingerprint density at radius 1 is 1.39 bits per heavy atom. The molecule has 0 amide bonds. The van der Waals surface area contributed by atoms with Crippen molar-refractivity contribution >= 4 is 5.82 Å². The van der Waals surface area contributed by atoms with E-state index in [0.29, 0.717) is 18.5 Å². The van der Waals surface area contributed by atoms with Crippen LogP contribution in [0.5, 0.6) is 5.88 Å². The SMILES string of the molecule is COc1ncnc(N(CCN)C2CCCC2)c1C. The summed E-state index contributed by atoms with van der Waals surface area (Å²) in [7, 11) is 1.64. The summed E-state index contributed by atoms with van der Waals surface area (Å²) in [5, 5.41) is 0. The third-order valence-electron chi connectivity index (χ3n) is 3.61. The van der Waals surface area contributed by atoms with Crippen LogP contribution in [0.25, 0.3) is 0 Å². The lowest BCUT2D eigenvalue weighted by atomic mass is 10.2. The van der Waals surface area contributed by atoms with Crippen LogP contribution in [0, 0.1) is 6.92 Å². The lowest BCUT2D eigenvalue weighted by Crippen LogP contribution is -2.38. The molecule has 1 aliphatic carbocycles. The fourth-order valence-corrected chi connectivity index (χ4v) is 2.74. The molecule has 1 heterocycles. The highest BCUT2D eigenvalue weighted by Crippen LogP contribution is 2.30. The van der Waals surface area contributed by atoms with Crippen LogP contribution in [-0.2, 0) is 0 Å². The van der Waals surface area contributed by atoms with Crippen LogP contribution in [0.1, 0.15) is 31.2 Å². The molecular weight excluding hydrogens is 228 g/mol. The number of nitrogens with two attached hydrogens (primary N) is 1. The first-order chi connectivity index (χ1) is 8.77. The van der Waals surface area contributed by atoms with Gasteiger partial charge in [-0.15, -0.1) is 0 Å². The second-order valence-corrected chi connectivity index (χ2v) is 4.75. The molecule has 2 rings (SSSR count). The van der Waals surface area contributed by atoms with Crippen LogP contribution in [0.15, 0.2) is 6.33 Å². The molecule has 1 aromatic heterocycles. The van der Waals surface area contributed by atoms with E-state index in [1.807, 2.05) is 6.92 Å². The molecule has 1 saturated carbocycles. The van der Waals surface area contributed by atoms with Gasteiger partial charge in [0, 0.05) is 19.1 Å². The molecule has 1 fully saturated rings. The first-order valence-electron chi connectivity index (χ1n) is 6.60. The summed E-state index contributed by atoms with van der Waals surface area (Å²) in [5.74, 6) is 1.62. The Morgan fingerprint density at radius 3 is 2.72 bits per heavy atom. The quantitative estimate of drug-likeness (QED) is 0.858. The van der Waals surface area contributed by atoms with Crippen molar-refractivity contribution < 1.29 is 4.74 Å². The average molecular weight is 250 g/mol. The van der Waals surface area contributed by atoms with Gasteiger partial charge in [-0.25, -0.2) is 9.97 Å². The zero-order valence-electron chi connectivity index (χ0n) is 11.2. The summed E-state index contributed by atoms with van der Waals surface area (Å²) in [6, 6.07) is 0.562. The Hall–Kier alpha value is -1.36. The van der Waals surface area contributed by atoms with Gasteiger partial charge in [-0.1, -0.05) is 12.8 Å². The molecule has 0 bridgehead atoms. The fraction of sp³-hybridized carbons (Fsp3) is 0.692. The topological polar surface area (TPSA) is 64.3 Å². The fourth-order valence-electron chi connectivity index (χ4n) is 2.74. The van der Waals surface area contributed by atoms with Crippen molar-refractivity contribution in [2.45, 2.75) is 38.6 Å². The summed E-state index contributed by atoms with van der Waals surface area (Å²) in [4.78, 5) is 10.9. The van der Waals surface area contributed by atoms with Crippen molar-refractivity contribution in [1.82, 2.24) is 9.97 Å². The van der Waals surface area contributed by atoms with E-state index in [1.165, 1.54) is 25.7 Å². The number of methoxy groups -OCH3 is 1. The minimum atomic E-state index is 0.562. The summed E-state index contributed by atoms with van der Waals surface area (Å²) in [6.07, 6.45) is 6.62. The second-order valence-electron chi connectivity index (χ2n) is 4.75. The minimum absolute atomic E-state index is 0.562. The molecule has 1 aromatic rings. The van der Waals surface area contributed by atoms with Gasteiger partial charge in [0.2, 0.25) is 5.88 Å². The maximum atomic E-state index is 5.74. The number of ether oxygens (including phenoxy) is 1. The summed E-state index contributed by atoms with van der Waals surface area (Å²) < 4.78 is 5.27. The monoisotopic (exact) mass is 250 g/mol. The van der Waals surface area contributed by atoms with Gasteiger partial charge >= 0.3 is 0 Å². The van der Waals surface area contributed by atoms with Crippen LogP contribution >= 0.6 is 0 Å². The number of anilines is 1. The molecule has 0 spiro atoms. The lowest BCUT2D eigenvalue weighted by Gasteiger charge is -2.30. The number of hydrogen-bond acceptors (Lipinski definition) is 5. The molecule has 0 atom stereocenters. The Balaban J connectivity index is 2.29. The van der Waals surface area contributed by atoms with Gasteiger partial charge < -0.3 is 15.4 Å². The lowest BCUT2D eigenvalue weighted by molar-refractivity contribution is 0.393. The molecule has 0 aromatic carbocycles. The number of aromatic nitrogens is 2. The van der Waals surface area contributed by atoms with Crippen LogP contribution in [0.4, 0.5) is 5.82 Å². The second kappa shape index (κ2) is 6.00. The van der Waals surface area contributed by atoms with Gasteiger partial charge in [0.05, 0.1) is 12.7 Å². The highest BCUT2D eigenvalue weighted by molar-refractivity contribution is 5.51. The summed E-state index contributed by atoms with van der Waals surface area (Å²) in [6.45, 7) is 3.49. The molecule has 1 aliphatic rings. The van der Waals surface area contributed by atoms with Crippen LogP contribution in [0.2, 0.25) is 0 Å². The van der Waals surface area contributed by atoms with Gasteiger partial charge in [-0.3, -0.25) is 0 Å². The van der Waals surface area contributed by atoms with E-state index in [0.717, 1.165) is 17.9 Å². The number of hydrogen-bond donors (Lipinski definition) is 1. The van der Waals surface area contributed by atoms with Gasteiger partial charge in [-0.2, -0.15) is 0 Å². The molecule has 0 radical (unpaired) electrons. The molecule has 0 aliphatic heterocycles. The molecule has 2 N–H and O–H groups in total. The van der Waals surface area contributed by atoms with Crippen molar-refractivity contribution in [2.24, 2.45) is 5.73 Å². The molecular formula is C13H22N4O. The first-order valence-corrected chi connectivity index (χ1v) is 6.60. The van der Waals surface area contributed by atoms with E-state index in [9.17, 15) is 0 Å². The van der Waals surface area contributed by atoms with E-state index in [2.05, 4.69) is 14.9 Å². The van der Waals surface area contributed by atoms with Gasteiger partial charge in [-0.05, 0) is 19.8 Å². The standard InChI is InChI=1S/C13H22N4O/c1-10-12(15-9-16-13(10)18-2)17(8-7-14)11-5-3-4-6-11/h9,11H,3-8,14H2,1-2H3. The Bertz CT molecular complexity index is 391. The molecule has 18 heavy (non-hydrogen) atoms. The zero-order chi connectivity index (χ0) is 13.0. The van der Waals surface area contributed by atoms with Crippen molar-refractivity contribution in [2.75, 3.05) is 25.1 Å². The smallest absolute Gasteiger partial charge is 0.221 e. The van der Waals surface area contributed by atoms with Gasteiger partial charge in [0.1, 0.15) is 12.1 Å². The molecule has 5 heteroatoms. The number of rotatable bonds is 5. The highest BCUT2D eigenvalue weighted by atomic mass is 16.5. The van der Waals surface area contributed by atoms with E-state index in [4.69, 9.17) is 10.5 Å². The summed E-state index contributed by atoms with van der Waals surface area (Å²) in [5.41, 5.74) is 6.74. The third-order valence-corrected chi connectivity index (χ3v) is 3.61. The molecule has 5 nitrogen and oxygen atoms in total. The molecule has 100 valence electrons. The predicted octanol–water partition coefficient (Wildman–Crippen LogP) is 1.50. The van der Waals surface area contributed by atoms with E-state index >= 15 is 0 Å². The van der Waals surface area contributed by atoms with E-state index in [1.54, 1.807) is 13.4 Å². The van der Waals surface area contributed by atoms with Crippen molar-refractivity contribution in [3.8, 4) is 5.88 Å². The maximum Gasteiger partial charge on any atom is 0.221 e. The minimum Gasteiger partial charge on any atom is -0.481 e. The van der Waals surface area contributed by atoms with E-state index in [-0.39, 0.29) is 0 Å². The zero-order valence-corrected chi connectivity index (χ0v) is 11.2.